The lowest BCUT2D eigenvalue weighted by Gasteiger charge is -2.30. The quantitative estimate of drug-likeness (QED) is 0.758. The van der Waals surface area contributed by atoms with Gasteiger partial charge >= 0.3 is 0 Å². The topological polar surface area (TPSA) is 105 Å². The van der Waals surface area contributed by atoms with Gasteiger partial charge < -0.3 is 10.2 Å². The van der Waals surface area contributed by atoms with Crippen LogP contribution in [0, 0.1) is 6.92 Å². The van der Waals surface area contributed by atoms with Gasteiger partial charge in [0.15, 0.2) is 0 Å². The lowest BCUT2D eigenvalue weighted by molar-refractivity contribution is -0.122. The first-order chi connectivity index (χ1) is 14.7. The molecule has 0 bridgehead atoms. The number of nitrogens with zero attached hydrogens (tertiary/aromatic N) is 4. The number of amides is 2. The molecule has 2 heterocycles. The fraction of sp³-hybridized carbons (Fsp3) is 0.476. The van der Waals surface area contributed by atoms with Crippen LogP contribution in [0.2, 0.25) is 0 Å². The Morgan fingerprint density at radius 1 is 1.16 bits per heavy atom. The third kappa shape index (κ3) is 5.71. The van der Waals surface area contributed by atoms with Crippen molar-refractivity contribution in [3.8, 4) is 0 Å². The minimum Gasteiger partial charge on any atom is -0.354 e. The van der Waals surface area contributed by atoms with Crippen molar-refractivity contribution in [2.75, 3.05) is 32.4 Å². The van der Waals surface area contributed by atoms with Gasteiger partial charge in [0.05, 0.1) is 18.0 Å². The molecule has 10 heteroatoms. The average Bonchev–Trinajstić information content (AvgIpc) is 3.03. The van der Waals surface area contributed by atoms with E-state index in [1.165, 1.54) is 8.99 Å². The van der Waals surface area contributed by atoms with Crippen LogP contribution in [0.4, 0.5) is 0 Å². The number of aromatic nitrogens is 2. The summed E-state index contributed by atoms with van der Waals surface area (Å²) >= 11 is 0. The molecular formula is C21H29N5O4S. The molecular weight excluding hydrogens is 418 g/mol. The van der Waals surface area contributed by atoms with Crippen molar-refractivity contribution in [1.29, 1.82) is 0 Å². The molecule has 2 amide bonds. The molecule has 0 radical (unpaired) electrons. The Morgan fingerprint density at radius 2 is 1.87 bits per heavy atom. The molecule has 31 heavy (non-hydrogen) atoms. The number of rotatable bonds is 3. The van der Waals surface area contributed by atoms with Crippen LogP contribution < -0.4 is 5.32 Å². The van der Waals surface area contributed by atoms with Crippen molar-refractivity contribution in [2.24, 2.45) is 7.05 Å². The average molecular weight is 448 g/mol. The number of benzene rings is 1. The third-order valence-electron chi connectivity index (χ3n) is 5.36. The largest absolute Gasteiger partial charge is 0.354 e. The van der Waals surface area contributed by atoms with E-state index in [1.54, 1.807) is 18.0 Å². The van der Waals surface area contributed by atoms with Crippen molar-refractivity contribution >= 4 is 21.8 Å². The van der Waals surface area contributed by atoms with Crippen LogP contribution in [0.1, 0.15) is 40.6 Å². The van der Waals surface area contributed by atoms with Crippen LogP contribution in [-0.2, 0) is 21.9 Å². The van der Waals surface area contributed by atoms with Gasteiger partial charge in [-0.1, -0.05) is 30.3 Å². The highest BCUT2D eigenvalue weighted by atomic mass is 32.2. The molecule has 1 aromatic carbocycles. The maximum Gasteiger partial charge on any atom is 0.272 e. The molecule has 1 aliphatic rings. The molecule has 1 fully saturated rings. The maximum absolute atomic E-state index is 13.0. The second kappa shape index (κ2) is 9.61. The second-order valence-electron chi connectivity index (χ2n) is 7.79. The van der Waals surface area contributed by atoms with Crippen molar-refractivity contribution in [1.82, 2.24) is 24.3 Å². The molecule has 3 rings (SSSR count). The van der Waals surface area contributed by atoms with Gasteiger partial charge in [0.25, 0.3) is 5.91 Å². The van der Waals surface area contributed by atoms with Crippen molar-refractivity contribution in [2.45, 2.75) is 25.8 Å². The second-order valence-corrected chi connectivity index (χ2v) is 9.73. The Kier molecular flexibility index (Phi) is 7.11. The Hall–Kier alpha value is -2.72. The highest BCUT2D eigenvalue weighted by Crippen LogP contribution is 2.27. The fourth-order valence-electron chi connectivity index (χ4n) is 3.90. The van der Waals surface area contributed by atoms with Crippen LogP contribution >= 0.6 is 0 Å². The zero-order valence-electron chi connectivity index (χ0n) is 18.1. The first kappa shape index (κ1) is 23.0. The maximum atomic E-state index is 13.0. The standard InChI is InChI=1S/C21H29N5O4S/c1-16-14-19(24(2)23-16)21(28)25-11-7-12-26(31(3,29)30)18(15-20(27)22-10-13-25)17-8-5-4-6-9-17/h4-6,8-9,14,18H,7,10-13,15H2,1-3H3,(H,22,27). The SMILES string of the molecule is Cc1cc(C(=O)N2CCCN(S(C)(=O)=O)C(c3ccccc3)CC(=O)NCC2)n(C)n1. The highest BCUT2D eigenvalue weighted by molar-refractivity contribution is 7.88. The molecule has 2 aromatic rings. The van der Waals surface area contributed by atoms with Crippen LogP contribution in [0.3, 0.4) is 0 Å². The monoisotopic (exact) mass is 447 g/mol. The van der Waals surface area contributed by atoms with Crippen molar-refractivity contribution in [3.63, 3.8) is 0 Å². The summed E-state index contributed by atoms with van der Waals surface area (Å²) in [6.45, 7) is 3.02. The van der Waals surface area contributed by atoms with E-state index in [0.717, 1.165) is 17.5 Å². The summed E-state index contributed by atoms with van der Waals surface area (Å²) in [6, 6.07) is 10.3. The first-order valence-corrected chi connectivity index (χ1v) is 12.1. The van der Waals surface area contributed by atoms with Gasteiger partial charge in [0.2, 0.25) is 15.9 Å². The zero-order chi connectivity index (χ0) is 22.6. The number of carbonyl (C=O) groups is 2. The molecule has 1 aromatic heterocycles. The number of sulfonamides is 1. The predicted octanol–water partition coefficient (Wildman–Crippen LogP) is 1.08. The molecule has 0 aliphatic carbocycles. The van der Waals surface area contributed by atoms with E-state index in [9.17, 15) is 18.0 Å². The van der Waals surface area contributed by atoms with Gasteiger partial charge in [0.1, 0.15) is 5.69 Å². The third-order valence-corrected chi connectivity index (χ3v) is 6.64. The van der Waals surface area contributed by atoms with Gasteiger partial charge in [-0.15, -0.1) is 0 Å². The summed E-state index contributed by atoms with van der Waals surface area (Å²) in [4.78, 5) is 27.3. The number of hydrogen-bond donors (Lipinski definition) is 1. The Balaban J connectivity index is 1.87. The Morgan fingerprint density at radius 3 is 2.48 bits per heavy atom. The Labute approximate surface area is 183 Å². The van der Waals surface area contributed by atoms with Crippen LogP contribution in [0.5, 0.6) is 0 Å². The molecule has 1 atom stereocenters. The molecule has 0 spiro atoms. The lowest BCUT2D eigenvalue weighted by atomic mass is 10.0. The van der Waals surface area contributed by atoms with Gasteiger partial charge in [-0.05, 0) is 25.0 Å². The van der Waals surface area contributed by atoms with Crippen molar-refractivity contribution < 1.29 is 18.0 Å². The van der Waals surface area contributed by atoms with E-state index < -0.39 is 16.1 Å². The highest BCUT2D eigenvalue weighted by Gasteiger charge is 2.31. The van der Waals surface area contributed by atoms with Gasteiger partial charge in [-0.25, -0.2) is 8.42 Å². The van der Waals surface area contributed by atoms with Crippen LogP contribution in [0.25, 0.3) is 0 Å². The smallest absolute Gasteiger partial charge is 0.272 e. The van der Waals surface area contributed by atoms with Gasteiger partial charge in [-0.2, -0.15) is 9.40 Å². The van der Waals surface area contributed by atoms with E-state index in [1.807, 2.05) is 37.3 Å². The van der Waals surface area contributed by atoms with Crippen LogP contribution in [0.15, 0.2) is 36.4 Å². The molecule has 0 saturated carbocycles. The lowest BCUT2D eigenvalue weighted by Crippen LogP contribution is -2.39. The number of aryl methyl sites for hydroxylation is 2. The summed E-state index contributed by atoms with van der Waals surface area (Å²) in [5.41, 5.74) is 1.97. The summed E-state index contributed by atoms with van der Waals surface area (Å²) in [7, 11) is -1.87. The fourth-order valence-corrected chi connectivity index (χ4v) is 5.02. The zero-order valence-corrected chi connectivity index (χ0v) is 18.9. The molecule has 1 N–H and O–H groups in total. The normalized spacial score (nSPS) is 19.5. The molecule has 1 aliphatic heterocycles. The summed E-state index contributed by atoms with van der Waals surface area (Å²) in [5.74, 6) is -0.449. The predicted molar refractivity (Wildman–Crippen MR) is 117 cm³/mol. The van der Waals surface area contributed by atoms with Gasteiger partial charge in [-0.3, -0.25) is 14.3 Å². The van der Waals surface area contributed by atoms with E-state index in [4.69, 9.17) is 0 Å². The summed E-state index contributed by atoms with van der Waals surface area (Å²) in [5, 5.41) is 7.06. The van der Waals surface area contributed by atoms with E-state index in [0.29, 0.717) is 31.7 Å². The minimum atomic E-state index is -3.58. The van der Waals surface area contributed by atoms with Crippen LogP contribution in [-0.4, -0.2) is 71.7 Å². The van der Waals surface area contributed by atoms with E-state index in [-0.39, 0.29) is 24.8 Å². The minimum absolute atomic E-state index is 0.0198. The summed E-state index contributed by atoms with van der Waals surface area (Å²) in [6.07, 6.45) is 1.63. The molecule has 1 saturated heterocycles. The van der Waals surface area contributed by atoms with Crippen molar-refractivity contribution in [3.05, 3.63) is 53.3 Å². The van der Waals surface area contributed by atoms with E-state index >= 15 is 0 Å². The first-order valence-electron chi connectivity index (χ1n) is 10.2. The number of nitrogens with one attached hydrogen (secondary N) is 1. The Bertz CT molecular complexity index is 1040. The molecule has 1 unspecified atom stereocenters. The summed E-state index contributed by atoms with van der Waals surface area (Å²) < 4.78 is 28.1. The molecule has 168 valence electrons. The van der Waals surface area contributed by atoms with E-state index in [2.05, 4.69) is 10.4 Å². The van der Waals surface area contributed by atoms with Gasteiger partial charge in [0, 0.05) is 39.6 Å². The molecule has 9 nitrogen and oxygen atoms in total. The number of hydrogen-bond acceptors (Lipinski definition) is 5. The number of carbonyl (C=O) groups excluding carboxylic acids is 2.